The molecule has 1 atom stereocenters. The van der Waals surface area contributed by atoms with E-state index in [9.17, 15) is 14.7 Å². The summed E-state index contributed by atoms with van der Waals surface area (Å²) in [6.45, 7) is 4.01. The fourth-order valence-corrected chi connectivity index (χ4v) is 6.45. The van der Waals surface area contributed by atoms with Crippen LogP contribution < -0.4 is 5.32 Å². The van der Waals surface area contributed by atoms with Crippen molar-refractivity contribution in [1.29, 1.82) is 0 Å². The molecule has 0 spiro atoms. The minimum absolute atomic E-state index is 0.0899. The number of nitrogens with one attached hydrogen (secondary N) is 1. The predicted octanol–water partition coefficient (Wildman–Crippen LogP) is 4.30. The molecule has 2 bridgehead atoms. The van der Waals surface area contributed by atoms with Gasteiger partial charge in [-0.25, -0.2) is 4.79 Å². The van der Waals surface area contributed by atoms with Crippen molar-refractivity contribution in [3.63, 3.8) is 0 Å². The number of carbonyl (C=O) groups is 2. The summed E-state index contributed by atoms with van der Waals surface area (Å²) < 4.78 is 8.97. The standard InChI is InChI=1S/C34H35N3O4/c38-32(27-13-15-30(16-14-27)36-20-7-8-21-36)35-19-24-37-22-17-26(18-23-37)31(25-37)41-33(39)34(40,28-9-3-1-4-10-28)29-11-5-2-6-12-29/h1-16,20-21,26,31,40H,17-19,22-25H2/p+1/t26?,31-,37?/m0/s1. The van der Waals surface area contributed by atoms with Gasteiger partial charge < -0.3 is 24.2 Å². The van der Waals surface area contributed by atoms with E-state index in [0.717, 1.165) is 42.6 Å². The number of nitrogens with zero attached hydrogens (tertiary/aromatic N) is 2. The zero-order valence-electron chi connectivity index (χ0n) is 23.1. The Hall–Kier alpha value is -4.20. The molecule has 3 aliphatic heterocycles. The van der Waals surface area contributed by atoms with E-state index < -0.39 is 11.6 Å². The average molecular weight is 551 g/mol. The van der Waals surface area contributed by atoms with Crippen LogP contribution in [0.2, 0.25) is 0 Å². The summed E-state index contributed by atoms with van der Waals surface area (Å²) in [6, 6.07) is 29.5. The highest BCUT2D eigenvalue weighted by molar-refractivity contribution is 5.94. The van der Waals surface area contributed by atoms with E-state index in [2.05, 4.69) is 5.32 Å². The topological polar surface area (TPSA) is 80.6 Å². The van der Waals surface area contributed by atoms with Gasteiger partial charge in [-0.1, -0.05) is 60.7 Å². The van der Waals surface area contributed by atoms with E-state index >= 15 is 0 Å². The highest BCUT2D eigenvalue weighted by Crippen LogP contribution is 2.38. The van der Waals surface area contributed by atoms with Gasteiger partial charge >= 0.3 is 5.97 Å². The van der Waals surface area contributed by atoms with Crippen molar-refractivity contribution >= 4 is 11.9 Å². The Bertz CT molecular complexity index is 1420. The van der Waals surface area contributed by atoms with Crippen LogP contribution in [0.4, 0.5) is 0 Å². The van der Waals surface area contributed by atoms with E-state index in [0.29, 0.717) is 29.8 Å². The van der Waals surface area contributed by atoms with Crippen LogP contribution in [0.3, 0.4) is 0 Å². The minimum Gasteiger partial charge on any atom is -0.453 e. The number of quaternary nitrogens is 1. The summed E-state index contributed by atoms with van der Waals surface area (Å²) in [6.07, 6.45) is 5.59. The fraction of sp³-hybridized carbons (Fsp3) is 0.294. The van der Waals surface area contributed by atoms with Gasteiger partial charge in [0.15, 0.2) is 6.10 Å². The molecular weight excluding hydrogens is 514 g/mol. The van der Waals surface area contributed by atoms with Crippen molar-refractivity contribution in [2.45, 2.75) is 24.5 Å². The zero-order valence-corrected chi connectivity index (χ0v) is 23.1. The lowest BCUT2D eigenvalue weighted by Gasteiger charge is -2.52. The van der Waals surface area contributed by atoms with Crippen LogP contribution in [-0.4, -0.2) is 64.9 Å². The Kier molecular flexibility index (Phi) is 7.47. The van der Waals surface area contributed by atoms with Crippen LogP contribution in [0.25, 0.3) is 5.69 Å². The van der Waals surface area contributed by atoms with E-state index in [1.54, 1.807) is 24.3 Å². The maximum absolute atomic E-state index is 13.7. The molecule has 0 radical (unpaired) electrons. The van der Waals surface area contributed by atoms with Crippen molar-refractivity contribution in [3.05, 3.63) is 126 Å². The number of aliphatic hydroxyl groups is 1. The van der Waals surface area contributed by atoms with Gasteiger partial charge in [-0.15, -0.1) is 0 Å². The zero-order chi connectivity index (χ0) is 28.3. The normalized spacial score (nSPS) is 21.8. The van der Waals surface area contributed by atoms with Gasteiger partial charge in [-0.3, -0.25) is 4.79 Å². The second kappa shape index (κ2) is 11.4. The second-order valence-electron chi connectivity index (χ2n) is 11.3. The molecule has 1 aromatic heterocycles. The number of benzene rings is 3. The van der Waals surface area contributed by atoms with Crippen LogP contribution in [0.15, 0.2) is 109 Å². The van der Waals surface area contributed by atoms with Gasteiger partial charge in [0.1, 0.15) is 6.54 Å². The molecule has 0 aliphatic carbocycles. The first kappa shape index (κ1) is 27.0. The molecule has 4 heterocycles. The molecule has 3 aromatic carbocycles. The molecule has 7 rings (SSSR count). The first-order valence-corrected chi connectivity index (χ1v) is 14.4. The smallest absolute Gasteiger partial charge is 0.348 e. The Balaban J connectivity index is 1.10. The maximum atomic E-state index is 13.7. The van der Waals surface area contributed by atoms with Gasteiger partial charge in [0.05, 0.1) is 26.2 Å². The average Bonchev–Trinajstić information content (AvgIpc) is 3.57. The lowest BCUT2D eigenvalue weighted by atomic mass is 9.82. The summed E-state index contributed by atoms with van der Waals surface area (Å²) in [5.74, 6) is -0.445. The summed E-state index contributed by atoms with van der Waals surface area (Å²) in [7, 11) is 0. The second-order valence-corrected chi connectivity index (χ2v) is 11.3. The monoisotopic (exact) mass is 550 g/mol. The summed E-state index contributed by atoms with van der Waals surface area (Å²) in [4.78, 5) is 26.6. The van der Waals surface area contributed by atoms with E-state index in [1.807, 2.05) is 89.8 Å². The predicted molar refractivity (Wildman–Crippen MR) is 156 cm³/mol. The number of piperidine rings is 3. The van der Waals surface area contributed by atoms with Crippen LogP contribution in [0, 0.1) is 5.92 Å². The molecule has 2 N–H and O–H groups in total. The molecule has 3 saturated heterocycles. The third-order valence-electron chi connectivity index (χ3n) is 8.88. The molecule has 0 unspecified atom stereocenters. The summed E-state index contributed by atoms with van der Waals surface area (Å²) in [5, 5.41) is 14.9. The molecule has 0 saturated carbocycles. The van der Waals surface area contributed by atoms with Crippen LogP contribution in [0.1, 0.15) is 34.3 Å². The van der Waals surface area contributed by atoms with Crippen molar-refractivity contribution in [3.8, 4) is 5.69 Å². The van der Waals surface area contributed by atoms with Gasteiger partial charge in [0.25, 0.3) is 5.91 Å². The Morgan fingerprint density at radius 3 is 2.02 bits per heavy atom. The lowest BCUT2D eigenvalue weighted by Crippen LogP contribution is -2.66. The fourth-order valence-electron chi connectivity index (χ4n) is 6.45. The van der Waals surface area contributed by atoms with Crippen LogP contribution in [0.5, 0.6) is 0 Å². The van der Waals surface area contributed by atoms with Crippen molar-refractivity contribution in [2.24, 2.45) is 5.92 Å². The SMILES string of the molecule is O=C(NCC[N+]12CCC(CC1)[C@@H](OC(=O)C(O)(c1ccccc1)c1ccccc1)C2)c1ccc(-n2cccc2)cc1. The molecular formula is C34H36N3O4+. The highest BCUT2D eigenvalue weighted by atomic mass is 16.6. The maximum Gasteiger partial charge on any atom is 0.348 e. The molecule has 3 fully saturated rings. The van der Waals surface area contributed by atoms with Crippen LogP contribution >= 0.6 is 0 Å². The van der Waals surface area contributed by atoms with Crippen molar-refractivity contribution in [2.75, 3.05) is 32.7 Å². The number of amides is 1. The molecule has 1 amide bonds. The minimum atomic E-state index is -1.88. The number of carbonyl (C=O) groups excluding carboxylic acids is 2. The van der Waals surface area contributed by atoms with E-state index in [4.69, 9.17) is 4.74 Å². The van der Waals surface area contributed by atoms with Crippen LogP contribution in [-0.2, 0) is 15.1 Å². The van der Waals surface area contributed by atoms with Gasteiger partial charge in [-0.05, 0) is 47.5 Å². The van der Waals surface area contributed by atoms with Gasteiger partial charge in [0.2, 0.25) is 5.60 Å². The quantitative estimate of drug-likeness (QED) is 0.241. The molecule has 7 heteroatoms. The summed E-state index contributed by atoms with van der Waals surface area (Å²) in [5.41, 5.74) is 0.736. The third-order valence-corrected chi connectivity index (χ3v) is 8.88. The van der Waals surface area contributed by atoms with Gasteiger partial charge in [0, 0.05) is 42.4 Å². The first-order chi connectivity index (χ1) is 20.0. The number of fused-ring (bicyclic) bond motifs is 3. The Morgan fingerprint density at radius 1 is 0.854 bits per heavy atom. The lowest BCUT2D eigenvalue weighted by molar-refractivity contribution is -0.945. The van der Waals surface area contributed by atoms with Crippen molar-refractivity contribution in [1.82, 2.24) is 9.88 Å². The molecule has 7 nitrogen and oxygen atoms in total. The number of ether oxygens (including phenoxy) is 1. The van der Waals surface area contributed by atoms with Crippen molar-refractivity contribution < 1.29 is 23.9 Å². The van der Waals surface area contributed by atoms with Gasteiger partial charge in [-0.2, -0.15) is 0 Å². The first-order valence-electron chi connectivity index (χ1n) is 14.4. The Morgan fingerprint density at radius 2 is 1.44 bits per heavy atom. The number of hydrogen-bond donors (Lipinski definition) is 2. The Labute approximate surface area is 240 Å². The molecule has 210 valence electrons. The van der Waals surface area contributed by atoms with E-state index in [1.165, 1.54) is 0 Å². The third kappa shape index (κ3) is 5.43. The number of esters is 1. The number of hydrogen-bond acceptors (Lipinski definition) is 4. The highest BCUT2D eigenvalue weighted by Gasteiger charge is 2.50. The largest absolute Gasteiger partial charge is 0.453 e. The number of rotatable bonds is 9. The number of aromatic nitrogens is 1. The van der Waals surface area contributed by atoms with E-state index in [-0.39, 0.29) is 17.9 Å². The molecule has 41 heavy (non-hydrogen) atoms. The molecule has 4 aromatic rings. The summed E-state index contributed by atoms with van der Waals surface area (Å²) >= 11 is 0. The molecule has 3 aliphatic rings.